The van der Waals surface area contributed by atoms with Crippen LogP contribution >= 0.6 is 0 Å². The fourth-order valence-corrected chi connectivity index (χ4v) is 2.47. The first kappa shape index (κ1) is 12.2. The molecule has 0 radical (unpaired) electrons. The lowest BCUT2D eigenvalue weighted by atomic mass is 10.0. The first-order valence-corrected chi connectivity index (χ1v) is 6.16. The number of benzene rings is 1. The highest BCUT2D eigenvalue weighted by Crippen LogP contribution is 2.28. The second-order valence-corrected chi connectivity index (χ2v) is 4.72. The summed E-state index contributed by atoms with van der Waals surface area (Å²) in [5, 5.41) is 0. The van der Waals surface area contributed by atoms with E-state index in [4.69, 9.17) is 0 Å². The van der Waals surface area contributed by atoms with Gasteiger partial charge in [-0.25, -0.2) is 4.39 Å². The molecule has 1 unspecified atom stereocenters. The topological polar surface area (TPSA) is 20.3 Å². The van der Waals surface area contributed by atoms with Gasteiger partial charge in [-0.15, -0.1) is 0 Å². The molecule has 1 aliphatic heterocycles. The Hall–Kier alpha value is -1.22. The van der Waals surface area contributed by atoms with Gasteiger partial charge < -0.3 is 0 Å². The molecule has 92 valence electrons. The second kappa shape index (κ2) is 5.41. The van der Waals surface area contributed by atoms with Gasteiger partial charge in [0, 0.05) is 12.5 Å². The van der Waals surface area contributed by atoms with Crippen molar-refractivity contribution < 1.29 is 9.18 Å². The van der Waals surface area contributed by atoms with Crippen molar-refractivity contribution in [3.05, 3.63) is 35.6 Å². The van der Waals surface area contributed by atoms with E-state index >= 15 is 0 Å². The Morgan fingerprint density at radius 2 is 1.88 bits per heavy atom. The minimum atomic E-state index is -0.225. The van der Waals surface area contributed by atoms with Crippen molar-refractivity contribution in [2.24, 2.45) is 0 Å². The number of halogens is 1. The van der Waals surface area contributed by atoms with Gasteiger partial charge in [0.1, 0.15) is 11.6 Å². The molecule has 1 saturated heterocycles. The Kier molecular flexibility index (Phi) is 3.89. The lowest BCUT2D eigenvalue weighted by Gasteiger charge is -2.27. The highest BCUT2D eigenvalue weighted by Gasteiger charge is 2.24. The van der Waals surface area contributed by atoms with Gasteiger partial charge in [0.2, 0.25) is 0 Å². The minimum Gasteiger partial charge on any atom is -0.300 e. The SMILES string of the molecule is CC(=O)CC(c1ccc(F)cc1)N1CCCC1. The van der Waals surface area contributed by atoms with Gasteiger partial charge in [-0.3, -0.25) is 9.69 Å². The van der Waals surface area contributed by atoms with Gasteiger partial charge in [0.25, 0.3) is 0 Å². The van der Waals surface area contributed by atoms with Crippen LogP contribution in [0.3, 0.4) is 0 Å². The number of rotatable bonds is 4. The molecule has 3 heteroatoms. The smallest absolute Gasteiger partial charge is 0.131 e. The average molecular weight is 235 g/mol. The van der Waals surface area contributed by atoms with Gasteiger partial charge in [-0.05, 0) is 50.6 Å². The van der Waals surface area contributed by atoms with Gasteiger partial charge in [0.15, 0.2) is 0 Å². The summed E-state index contributed by atoms with van der Waals surface area (Å²) in [6.07, 6.45) is 2.90. The lowest BCUT2D eigenvalue weighted by Crippen LogP contribution is -2.27. The summed E-state index contributed by atoms with van der Waals surface area (Å²) < 4.78 is 12.9. The van der Waals surface area contributed by atoms with Crippen LogP contribution in [0.4, 0.5) is 4.39 Å². The number of ketones is 1. The normalized spacial score (nSPS) is 18.2. The molecule has 0 saturated carbocycles. The molecule has 0 amide bonds. The Morgan fingerprint density at radius 1 is 1.29 bits per heavy atom. The van der Waals surface area contributed by atoms with E-state index in [1.165, 1.54) is 25.0 Å². The first-order valence-electron chi connectivity index (χ1n) is 6.16. The summed E-state index contributed by atoms with van der Waals surface area (Å²) in [6.45, 7) is 3.69. The van der Waals surface area contributed by atoms with Crippen LogP contribution in [-0.4, -0.2) is 23.8 Å². The Morgan fingerprint density at radius 3 is 2.41 bits per heavy atom. The van der Waals surface area contributed by atoms with E-state index in [1.54, 1.807) is 19.1 Å². The Bertz CT molecular complexity index is 382. The maximum absolute atomic E-state index is 12.9. The fraction of sp³-hybridized carbons (Fsp3) is 0.500. The summed E-state index contributed by atoms with van der Waals surface area (Å²) >= 11 is 0. The van der Waals surface area contributed by atoms with Crippen LogP contribution in [0.1, 0.15) is 37.8 Å². The van der Waals surface area contributed by atoms with Gasteiger partial charge in [0.05, 0.1) is 0 Å². The van der Waals surface area contributed by atoms with Crippen molar-refractivity contribution in [1.82, 2.24) is 4.90 Å². The zero-order valence-electron chi connectivity index (χ0n) is 10.2. The Balaban J connectivity index is 2.19. The van der Waals surface area contributed by atoms with Gasteiger partial charge in [-0.1, -0.05) is 12.1 Å². The number of hydrogen-bond donors (Lipinski definition) is 0. The van der Waals surface area contributed by atoms with E-state index in [0.29, 0.717) is 6.42 Å². The third-order valence-corrected chi connectivity index (χ3v) is 3.32. The van der Waals surface area contributed by atoms with E-state index in [1.807, 2.05) is 0 Å². The third kappa shape index (κ3) is 3.13. The molecule has 0 N–H and O–H groups in total. The standard InChI is InChI=1S/C14H18FNO/c1-11(17)10-14(16-8-2-3-9-16)12-4-6-13(15)7-5-12/h4-7,14H,2-3,8-10H2,1H3. The molecule has 1 aliphatic rings. The van der Waals surface area contributed by atoms with Crippen molar-refractivity contribution >= 4 is 5.78 Å². The van der Waals surface area contributed by atoms with Crippen molar-refractivity contribution in [2.45, 2.75) is 32.2 Å². The van der Waals surface area contributed by atoms with E-state index in [9.17, 15) is 9.18 Å². The molecule has 1 aromatic rings. The number of carbonyl (C=O) groups is 1. The molecule has 0 aromatic heterocycles. The van der Waals surface area contributed by atoms with E-state index in [0.717, 1.165) is 18.7 Å². The molecule has 2 rings (SSSR count). The molecule has 0 bridgehead atoms. The molecule has 0 spiro atoms. The van der Waals surface area contributed by atoms with Crippen LogP contribution in [0.5, 0.6) is 0 Å². The lowest BCUT2D eigenvalue weighted by molar-refractivity contribution is -0.118. The molecule has 1 heterocycles. The zero-order chi connectivity index (χ0) is 12.3. The van der Waals surface area contributed by atoms with Crippen molar-refractivity contribution in [2.75, 3.05) is 13.1 Å². The number of carbonyl (C=O) groups excluding carboxylic acids is 1. The monoisotopic (exact) mass is 235 g/mol. The number of Topliss-reactive ketones (excluding diaryl/α,β-unsaturated/α-hetero) is 1. The number of likely N-dealkylation sites (tertiary alicyclic amines) is 1. The fourth-order valence-electron chi connectivity index (χ4n) is 2.47. The molecule has 0 aliphatic carbocycles. The zero-order valence-corrected chi connectivity index (χ0v) is 10.2. The molecular weight excluding hydrogens is 217 g/mol. The number of hydrogen-bond acceptors (Lipinski definition) is 2. The van der Waals surface area contributed by atoms with Crippen LogP contribution in [0, 0.1) is 5.82 Å². The summed E-state index contributed by atoms with van der Waals surface area (Å²) in [7, 11) is 0. The van der Waals surface area contributed by atoms with Crippen molar-refractivity contribution in [1.29, 1.82) is 0 Å². The second-order valence-electron chi connectivity index (χ2n) is 4.72. The van der Waals surface area contributed by atoms with Crippen LogP contribution in [0.2, 0.25) is 0 Å². The average Bonchev–Trinajstić information content (AvgIpc) is 2.80. The highest BCUT2D eigenvalue weighted by atomic mass is 19.1. The largest absolute Gasteiger partial charge is 0.300 e. The quantitative estimate of drug-likeness (QED) is 0.799. The van der Waals surface area contributed by atoms with Crippen molar-refractivity contribution in [3.63, 3.8) is 0 Å². The van der Waals surface area contributed by atoms with Crippen LogP contribution in [0.15, 0.2) is 24.3 Å². The van der Waals surface area contributed by atoms with Gasteiger partial charge in [-0.2, -0.15) is 0 Å². The van der Waals surface area contributed by atoms with Gasteiger partial charge >= 0.3 is 0 Å². The maximum Gasteiger partial charge on any atom is 0.131 e. The molecular formula is C14H18FNO. The van der Waals surface area contributed by atoms with Crippen LogP contribution in [0.25, 0.3) is 0 Å². The van der Waals surface area contributed by atoms with E-state index in [-0.39, 0.29) is 17.6 Å². The summed E-state index contributed by atoms with van der Waals surface area (Å²) in [6, 6.07) is 6.65. The molecule has 2 nitrogen and oxygen atoms in total. The minimum absolute atomic E-state index is 0.121. The highest BCUT2D eigenvalue weighted by molar-refractivity contribution is 5.76. The number of nitrogens with zero attached hydrogens (tertiary/aromatic N) is 1. The van der Waals surface area contributed by atoms with Crippen LogP contribution in [-0.2, 0) is 4.79 Å². The first-order chi connectivity index (χ1) is 8.16. The van der Waals surface area contributed by atoms with Crippen LogP contribution < -0.4 is 0 Å². The summed E-state index contributed by atoms with van der Waals surface area (Å²) in [5.41, 5.74) is 1.04. The Labute approximate surface area is 101 Å². The maximum atomic E-state index is 12.9. The third-order valence-electron chi connectivity index (χ3n) is 3.32. The molecule has 1 aromatic carbocycles. The predicted molar refractivity (Wildman–Crippen MR) is 65.2 cm³/mol. The van der Waals surface area contributed by atoms with E-state index in [2.05, 4.69) is 4.90 Å². The molecule has 1 atom stereocenters. The molecule has 1 fully saturated rings. The predicted octanol–water partition coefficient (Wildman–Crippen LogP) is 2.94. The molecule has 17 heavy (non-hydrogen) atoms. The summed E-state index contributed by atoms with van der Waals surface area (Å²) in [4.78, 5) is 13.7. The van der Waals surface area contributed by atoms with Crippen molar-refractivity contribution in [3.8, 4) is 0 Å². The summed E-state index contributed by atoms with van der Waals surface area (Å²) in [5.74, 6) is -0.0389. The van der Waals surface area contributed by atoms with E-state index < -0.39 is 0 Å².